The largest absolute Gasteiger partial charge is 0.496 e. The van der Waals surface area contributed by atoms with Crippen molar-refractivity contribution in [1.82, 2.24) is 0 Å². The van der Waals surface area contributed by atoms with Crippen molar-refractivity contribution in [2.75, 3.05) is 12.9 Å². The fraction of sp³-hybridized carbons (Fsp3) is 0.538. The van der Waals surface area contributed by atoms with E-state index in [-0.39, 0.29) is 0 Å². The van der Waals surface area contributed by atoms with Crippen molar-refractivity contribution in [3.05, 3.63) is 29.3 Å². The van der Waals surface area contributed by atoms with Gasteiger partial charge in [0, 0.05) is 0 Å². The van der Waals surface area contributed by atoms with Crippen LogP contribution in [0.1, 0.15) is 25.0 Å². The third-order valence-electron chi connectivity index (χ3n) is 2.63. The summed E-state index contributed by atoms with van der Waals surface area (Å²) in [5, 5.41) is 0. The van der Waals surface area contributed by atoms with E-state index in [1.807, 2.05) is 0 Å². The molecule has 1 aromatic rings. The second kappa shape index (κ2) is 6.06. The van der Waals surface area contributed by atoms with Crippen LogP contribution in [-0.4, -0.2) is 12.9 Å². The first-order valence-electron chi connectivity index (χ1n) is 5.47. The molecule has 0 heterocycles. The zero-order valence-electron chi connectivity index (χ0n) is 9.79. The highest BCUT2D eigenvalue weighted by Crippen LogP contribution is 2.23. The molecule has 0 aliphatic heterocycles. The van der Waals surface area contributed by atoms with Crippen LogP contribution in [0.2, 0.25) is 0 Å². The summed E-state index contributed by atoms with van der Waals surface area (Å²) in [6, 6.07) is 6.45. The minimum atomic E-state index is 0.592. The minimum absolute atomic E-state index is 0.592. The van der Waals surface area contributed by atoms with Gasteiger partial charge in [-0.25, -0.2) is 0 Å². The van der Waals surface area contributed by atoms with Crippen LogP contribution < -0.4 is 4.74 Å². The van der Waals surface area contributed by atoms with E-state index < -0.39 is 0 Å². The molecule has 1 unspecified atom stereocenters. The minimum Gasteiger partial charge on any atom is -0.496 e. The Labute approximate surface area is 98.3 Å². The van der Waals surface area contributed by atoms with Gasteiger partial charge >= 0.3 is 0 Å². The van der Waals surface area contributed by atoms with Crippen LogP contribution in [0, 0.1) is 5.92 Å². The fourth-order valence-corrected chi connectivity index (χ4v) is 1.78. The molecule has 0 fully saturated rings. The average molecular weight is 224 g/mol. The molecule has 0 N–H and O–H groups in total. The fourth-order valence-electron chi connectivity index (χ4n) is 1.65. The lowest BCUT2D eigenvalue weighted by molar-refractivity contribution is 0.407. The van der Waals surface area contributed by atoms with Crippen molar-refractivity contribution in [1.29, 1.82) is 0 Å². The second-order valence-electron chi connectivity index (χ2n) is 3.99. The highest BCUT2D eigenvalue weighted by Gasteiger charge is 2.07. The van der Waals surface area contributed by atoms with Crippen LogP contribution in [0.4, 0.5) is 0 Å². The number of methoxy groups -OCH3 is 1. The van der Waals surface area contributed by atoms with Crippen molar-refractivity contribution in [3.8, 4) is 5.75 Å². The zero-order valence-corrected chi connectivity index (χ0v) is 10.7. The van der Waals surface area contributed by atoms with Crippen LogP contribution in [0.15, 0.2) is 18.2 Å². The molecule has 84 valence electrons. The highest BCUT2D eigenvalue weighted by molar-refractivity contribution is 7.80. The summed E-state index contributed by atoms with van der Waals surface area (Å²) in [4.78, 5) is 0. The molecule has 0 aliphatic rings. The van der Waals surface area contributed by atoms with Gasteiger partial charge in [-0.05, 0) is 41.7 Å². The monoisotopic (exact) mass is 224 g/mol. The van der Waals surface area contributed by atoms with Crippen LogP contribution in [0.25, 0.3) is 0 Å². The summed E-state index contributed by atoms with van der Waals surface area (Å²) in [6.45, 7) is 4.39. The van der Waals surface area contributed by atoms with E-state index in [0.717, 1.165) is 24.3 Å². The Morgan fingerprint density at radius 2 is 2.13 bits per heavy atom. The van der Waals surface area contributed by atoms with Gasteiger partial charge in [0.1, 0.15) is 5.75 Å². The van der Waals surface area contributed by atoms with Gasteiger partial charge in [-0.15, -0.1) is 0 Å². The molecule has 1 aromatic carbocycles. The maximum Gasteiger partial charge on any atom is 0.122 e. The van der Waals surface area contributed by atoms with Crippen molar-refractivity contribution in [2.45, 2.75) is 26.7 Å². The molecule has 0 radical (unpaired) electrons. The standard InChI is InChI=1S/C13H20OS/c1-4-11-5-6-13(14-3)12(8-11)7-10(2)9-15/h5-6,8,10,15H,4,7,9H2,1-3H3. The summed E-state index contributed by atoms with van der Waals surface area (Å²) in [7, 11) is 1.73. The van der Waals surface area contributed by atoms with E-state index >= 15 is 0 Å². The van der Waals surface area contributed by atoms with Gasteiger partial charge in [-0.2, -0.15) is 12.6 Å². The molecular formula is C13H20OS. The molecule has 1 atom stereocenters. The lowest BCUT2D eigenvalue weighted by Gasteiger charge is -2.13. The summed E-state index contributed by atoms with van der Waals surface area (Å²) >= 11 is 4.32. The summed E-state index contributed by atoms with van der Waals surface area (Å²) in [5.74, 6) is 2.51. The van der Waals surface area contributed by atoms with Gasteiger partial charge in [0.2, 0.25) is 0 Å². The normalized spacial score (nSPS) is 12.5. The SMILES string of the molecule is CCc1ccc(OC)c(CC(C)CS)c1. The van der Waals surface area contributed by atoms with Crippen molar-refractivity contribution < 1.29 is 4.74 Å². The number of ether oxygens (including phenoxy) is 1. The molecule has 0 bridgehead atoms. The van der Waals surface area contributed by atoms with Crippen molar-refractivity contribution in [3.63, 3.8) is 0 Å². The van der Waals surface area contributed by atoms with Gasteiger partial charge in [0.15, 0.2) is 0 Å². The van der Waals surface area contributed by atoms with E-state index in [2.05, 4.69) is 44.7 Å². The molecular weight excluding hydrogens is 204 g/mol. The first-order valence-corrected chi connectivity index (χ1v) is 6.11. The van der Waals surface area contributed by atoms with Gasteiger partial charge in [-0.3, -0.25) is 0 Å². The van der Waals surface area contributed by atoms with E-state index in [9.17, 15) is 0 Å². The predicted octanol–water partition coefficient (Wildman–Crippen LogP) is 3.37. The van der Waals surface area contributed by atoms with E-state index in [1.165, 1.54) is 11.1 Å². The number of aryl methyl sites for hydroxylation is 1. The van der Waals surface area contributed by atoms with E-state index in [4.69, 9.17) is 4.74 Å². The Bertz CT molecular complexity index is 309. The smallest absolute Gasteiger partial charge is 0.122 e. The number of thiol groups is 1. The van der Waals surface area contributed by atoms with E-state index in [0.29, 0.717) is 5.92 Å². The zero-order chi connectivity index (χ0) is 11.3. The van der Waals surface area contributed by atoms with Gasteiger partial charge in [0.25, 0.3) is 0 Å². The van der Waals surface area contributed by atoms with Gasteiger partial charge in [-0.1, -0.05) is 26.0 Å². The topological polar surface area (TPSA) is 9.23 Å². The quantitative estimate of drug-likeness (QED) is 0.755. The maximum atomic E-state index is 5.37. The van der Waals surface area contributed by atoms with Gasteiger partial charge in [0.05, 0.1) is 7.11 Å². The first-order chi connectivity index (χ1) is 7.21. The Kier molecular flexibility index (Phi) is 5.03. The predicted molar refractivity (Wildman–Crippen MR) is 69.1 cm³/mol. The molecule has 0 aliphatic carbocycles. The lowest BCUT2D eigenvalue weighted by atomic mass is 9.99. The number of benzene rings is 1. The molecule has 15 heavy (non-hydrogen) atoms. The summed E-state index contributed by atoms with van der Waals surface area (Å²) in [6.07, 6.45) is 2.12. The maximum absolute atomic E-state index is 5.37. The van der Waals surface area contributed by atoms with Crippen LogP contribution in [0.5, 0.6) is 5.75 Å². The van der Waals surface area contributed by atoms with Crippen LogP contribution >= 0.6 is 12.6 Å². The molecule has 0 saturated carbocycles. The summed E-state index contributed by atoms with van der Waals surface area (Å²) < 4.78 is 5.37. The highest BCUT2D eigenvalue weighted by atomic mass is 32.1. The first kappa shape index (κ1) is 12.4. The Balaban J connectivity index is 2.90. The third-order valence-corrected chi connectivity index (χ3v) is 3.26. The Hall–Kier alpha value is -0.630. The number of hydrogen-bond acceptors (Lipinski definition) is 2. The Morgan fingerprint density at radius 3 is 2.67 bits per heavy atom. The van der Waals surface area contributed by atoms with Gasteiger partial charge < -0.3 is 4.74 Å². The number of hydrogen-bond donors (Lipinski definition) is 1. The molecule has 0 amide bonds. The van der Waals surface area contributed by atoms with Crippen molar-refractivity contribution >= 4 is 12.6 Å². The summed E-state index contributed by atoms with van der Waals surface area (Å²) in [5.41, 5.74) is 2.68. The molecule has 0 saturated heterocycles. The van der Waals surface area contributed by atoms with Crippen LogP contribution in [0.3, 0.4) is 0 Å². The van der Waals surface area contributed by atoms with E-state index in [1.54, 1.807) is 7.11 Å². The molecule has 0 aromatic heterocycles. The van der Waals surface area contributed by atoms with Crippen LogP contribution in [-0.2, 0) is 12.8 Å². The molecule has 2 heteroatoms. The van der Waals surface area contributed by atoms with Crippen molar-refractivity contribution in [2.24, 2.45) is 5.92 Å². The Morgan fingerprint density at radius 1 is 1.40 bits per heavy atom. The average Bonchev–Trinajstić information content (AvgIpc) is 2.28. The molecule has 0 spiro atoms. The molecule has 1 nitrogen and oxygen atoms in total. The number of rotatable bonds is 5. The third kappa shape index (κ3) is 3.45. The second-order valence-corrected chi connectivity index (χ2v) is 4.36. The lowest BCUT2D eigenvalue weighted by Crippen LogP contribution is -2.03. The molecule has 1 rings (SSSR count).